The minimum atomic E-state index is -0.387. The number of nitrogens with zero attached hydrogens (tertiary/aromatic N) is 2. The van der Waals surface area contributed by atoms with Gasteiger partial charge in [0.05, 0.1) is 6.04 Å². The van der Waals surface area contributed by atoms with E-state index in [-0.39, 0.29) is 48.7 Å². The first kappa shape index (κ1) is 23.0. The Morgan fingerprint density at radius 3 is 2.54 bits per heavy atom. The average Bonchev–Trinajstić information content (AvgIpc) is 2.60. The maximum Gasteiger partial charge on any atom is 0.239 e. The fourth-order valence-electron chi connectivity index (χ4n) is 3.06. The number of rotatable bonds is 5. The molecule has 0 radical (unpaired) electrons. The Bertz CT molecular complexity index is 486. The smallest absolute Gasteiger partial charge is 0.239 e. The van der Waals surface area contributed by atoms with Crippen molar-refractivity contribution in [3.63, 3.8) is 0 Å². The zero-order chi connectivity index (χ0) is 16.1. The normalized spacial score (nSPS) is 19.5. The number of piperidine rings is 1. The number of halogens is 2. The van der Waals surface area contributed by atoms with Crippen LogP contribution in [0.25, 0.3) is 0 Å². The number of carbonyl (C=O) groups is 1. The lowest BCUT2D eigenvalue weighted by Crippen LogP contribution is -2.54. The first-order valence-corrected chi connectivity index (χ1v) is 8.36. The van der Waals surface area contributed by atoms with Crippen LogP contribution in [0.1, 0.15) is 33.1 Å². The van der Waals surface area contributed by atoms with E-state index in [9.17, 15) is 4.79 Å². The quantitative estimate of drug-likeness (QED) is 0.858. The van der Waals surface area contributed by atoms with Gasteiger partial charge in [0.2, 0.25) is 5.91 Å². The lowest BCUT2D eigenvalue weighted by atomic mass is 9.97. The second kappa shape index (κ2) is 10.8. The largest absolute Gasteiger partial charge is 0.369 e. The van der Waals surface area contributed by atoms with Crippen LogP contribution in [0.4, 0.5) is 5.69 Å². The van der Waals surface area contributed by atoms with Gasteiger partial charge in [-0.1, -0.05) is 38.5 Å². The van der Waals surface area contributed by atoms with Crippen LogP contribution < -0.4 is 10.6 Å². The monoisotopic (exact) mass is 375 g/mol. The van der Waals surface area contributed by atoms with Gasteiger partial charge in [-0.2, -0.15) is 0 Å². The summed E-state index contributed by atoms with van der Waals surface area (Å²) in [4.78, 5) is 16.8. The molecule has 1 saturated heterocycles. The molecule has 1 heterocycles. The van der Waals surface area contributed by atoms with E-state index in [1.807, 2.05) is 24.9 Å². The standard InChI is InChI=1S/C18H29N3O.2ClH/c1-4-14(2)17(19)18(22)20(3)16-11-8-12-21(13-16)15-9-6-5-7-10-15;;/h5-7,9-10,14,16-17H,4,8,11-13,19H2,1-3H3;2*1H. The highest BCUT2D eigenvalue weighted by molar-refractivity contribution is 5.85. The summed E-state index contributed by atoms with van der Waals surface area (Å²) in [6, 6.07) is 10.3. The van der Waals surface area contributed by atoms with Crippen molar-refractivity contribution in [3.8, 4) is 0 Å². The first-order chi connectivity index (χ1) is 10.5. The number of nitrogens with two attached hydrogens (primary N) is 1. The Kier molecular flexibility index (Phi) is 10.4. The summed E-state index contributed by atoms with van der Waals surface area (Å²) >= 11 is 0. The summed E-state index contributed by atoms with van der Waals surface area (Å²) in [5, 5.41) is 0. The van der Waals surface area contributed by atoms with Crippen LogP contribution in [0.15, 0.2) is 30.3 Å². The van der Waals surface area contributed by atoms with Crippen LogP contribution in [0.3, 0.4) is 0 Å². The van der Waals surface area contributed by atoms with E-state index in [2.05, 4.69) is 36.1 Å². The second-order valence-corrected chi connectivity index (χ2v) is 6.44. The van der Waals surface area contributed by atoms with Crippen LogP contribution in [-0.2, 0) is 4.79 Å². The SMILES string of the molecule is CCC(C)C(N)C(=O)N(C)C1CCCN(c2ccccc2)C1.Cl.Cl. The first-order valence-electron chi connectivity index (χ1n) is 8.36. The van der Waals surface area contributed by atoms with Crippen LogP contribution in [0.5, 0.6) is 0 Å². The number of hydrogen-bond donors (Lipinski definition) is 1. The summed E-state index contributed by atoms with van der Waals surface area (Å²) in [6.45, 7) is 6.07. The van der Waals surface area contributed by atoms with Gasteiger partial charge in [-0.05, 0) is 30.9 Å². The maximum absolute atomic E-state index is 12.6. The molecule has 1 aromatic rings. The van der Waals surface area contributed by atoms with E-state index < -0.39 is 0 Å². The molecule has 3 atom stereocenters. The van der Waals surface area contributed by atoms with E-state index in [0.29, 0.717) is 0 Å². The van der Waals surface area contributed by atoms with Crippen molar-refractivity contribution in [2.75, 3.05) is 25.0 Å². The molecule has 0 bridgehead atoms. The summed E-state index contributed by atoms with van der Waals surface area (Å²) in [7, 11) is 1.91. The number of hydrogen-bond acceptors (Lipinski definition) is 3. The fourth-order valence-corrected chi connectivity index (χ4v) is 3.06. The number of para-hydroxylation sites is 1. The molecule has 1 amide bonds. The van der Waals surface area contributed by atoms with Gasteiger partial charge < -0.3 is 15.5 Å². The van der Waals surface area contributed by atoms with Crippen molar-refractivity contribution < 1.29 is 4.79 Å². The van der Waals surface area contributed by atoms with E-state index >= 15 is 0 Å². The van der Waals surface area contributed by atoms with Crippen molar-refractivity contribution >= 4 is 36.4 Å². The third kappa shape index (κ3) is 5.54. The van der Waals surface area contributed by atoms with Gasteiger partial charge in [-0.15, -0.1) is 24.8 Å². The minimum absolute atomic E-state index is 0. The van der Waals surface area contributed by atoms with Crippen molar-refractivity contribution in [1.29, 1.82) is 0 Å². The number of benzene rings is 1. The van der Waals surface area contributed by atoms with Gasteiger partial charge in [-0.25, -0.2) is 0 Å². The van der Waals surface area contributed by atoms with E-state index in [1.165, 1.54) is 5.69 Å². The molecular weight excluding hydrogens is 345 g/mol. The molecule has 0 saturated carbocycles. The zero-order valence-corrected chi connectivity index (χ0v) is 16.5. The number of carbonyl (C=O) groups excluding carboxylic acids is 1. The van der Waals surface area contributed by atoms with Crippen molar-refractivity contribution in [2.24, 2.45) is 11.7 Å². The Labute approximate surface area is 158 Å². The van der Waals surface area contributed by atoms with Gasteiger partial charge in [0.15, 0.2) is 0 Å². The molecule has 0 aliphatic carbocycles. The van der Waals surface area contributed by atoms with Crippen LogP contribution in [-0.4, -0.2) is 43.0 Å². The van der Waals surface area contributed by atoms with Crippen molar-refractivity contribution in [1.82, 2.24) is 4.90 Å². The predicted molar refractivity (Wildman–Crippen MR) is 106 cm³/mol. The molecule has 1 aliphatic heterocycles. The molecule has 4 nitrogen and oxygen atoms in total. The molecule has 24 heavy (non-hydrogen) atoms. The van der Waals surface area contributed by atoms with Crippen molar-refractivity contribution in [3.05, 3.63) is 30.3 Å². The average molecular weight is 376 g/mol. The Morgan fingerprint density at radius 2 is 1.96 bits per heavy atom. The Balaban J connectivity index is 0.00000264. The summed E-state index contributed by atoms with van der Waals surface area (Å²) < 4.78 is 0. The molecule has 1 aliphatic rings. The third-order valence-electron chi connectivity index (χ3n) is 4.96. The second-order valence-electron chi connectivity index (χ2n) is 6.44. The van der Waals surface area contributed by atoms with Gasteiger partial charge in [-0.3, -0.25) is 4.79 Å². The van der Waals surface area contributed by atoms with E-state index in [0.717, 1.165) is 32.4 Å². The summed E-state index contributed by atoms with van der Waals surface area (Å²) in [5.41, 5.74) is 7.36. The molecule has 1 fully saturated rings. The number of likely N-dealkylation sites (N-methyl/N-ethyl adjacent to an activating group) is 1. The summed E-state index contributed by atoms with van der Waals surface area (Å²) in [5.74, 6) is 0.304. The van der Waals surface area contributed by atoms with Gasteiger partial charge in [0, 0.05) is 31.9 Å². The lowest BCUT2D eigenvalue weighted by molar-refractivity contribution is -0.134. The molecule has 0 spiro atoms. The minimum Gasteiger partial charge on any atom is -0.369 e. The van der Waals surface area contributed by atoms with Crippen LogP contribution in [0, 0.1) is 5.92 Å². The fraction of sp³-hybridized carbons (Fsp3) is 0.611. The van der Waals surface area contributed by atoms with Crippen LogP contribution in [0.2, 0.25) is 0 Å². The molecule has 6 heteroatoms. The molecule has 3 unspecified atom stereocenters. The highest BCUT2D eigenvalue weighted by Gasteiger charge is 2.30. The molecule has 138 valence electrons. The highest BCUT2D eigenvalue weighted by Crippen LogP contribution is 2.22. The molecular formula is C18H31Cl2N3O. The van der Waals surface area contributed by atoms with Crippen LogP contribution >= 0.6 is 24.8 Å². The van der Waals surface area contributed by atoms with Crippen molar-refractivity contribution in [2.45, 2.75) is 45.2 Å². The summed E-state index contributed by atoms with van der Waals surface area (Å²) in [6.07, 6.45) is 3.09. The molecule has 1 aromatic carbocycles. The predicted octanol–water partition coefficient (Wildman–Crippen LogP) is 3.33. The Morgan fingerprint density at radius 1 is 1.33 bits per heavy atom. The lowest BCUT2D eigenvalue weighted by Gasteiger charge is -2.40. The maximum atomic E-state index is 12.6. The number of amides is 1. The highest BCUT2D eigenvalue weighted by atomic mass is 35.5. The topological polar surface area (TPSA) is 49.6 Å². The Hall–Kier alpha value is -0.970. The molecule has 0 aromatic heterocycles. The third-order valence-corrected chi connectivity index (χ3v) is 4.96. The van der Waals surface area contributed by atoms with Gasteiger partial charge >= 0.3 is 0 Å². The molecule has 2 N–H and O–H groups in total. The van der Waals surface area contributed by atoms with E-state index in [4.69, 9.17) is 5.73 Å². The number of anilines is 1. The van der Waals surface area contributed by atoms with Gasteiger partial charge in [0.25, 0.3) is 0 Å². The van der Waals surface area contributed by atoms with E-state index in [1.54, 1.807) is 0 Å². The van der Waals surface area contributed by atoms with Gasteiger partial charge in [0.1, 0.15) is 0 Å². The molecule has 2 rings (SSSR count). The zero-order valence-electron chi connectivity index (χ0n) is 14.9.